The molecular formula is C18H15ClF2N2O3S. The smallest absolute Gasteiger partial charge is 0.286 e. The van der Waals surface area contributed by atoms with E-state index in [1.807, 2.05) is 0 Å². The number of methoxy groups -OCH3 is 1. The Morgan fingerprint density at radius 1 is 1.26 bits per heavy atom. The van der Waals surface area contributed by atoms with Crippen LogP contribution in [0.1, 0.15) is 0 Å². The van der Waals surface area contributed by atoms with Crippen molar-refractivity contribution in [2.24, 2.45) is 4.99 Å². The second-order valence-electron chi connectivity index (χ2n) is 5.51. The SMILES string of the molecule is COCCn1c(=NC(=O)COc2ccc(Cl)cc2)sc2cc(F)cc(F)c21. The van der Waals surface area contributed by atoms with Crippen LogP contribution in [-0.2, 0) is 16.1 Å². The molecule has 9 heteroatoms. The number of halogens is 3. The predicted molar refractivity (Wildman–Crippen MR) is 99.1 cm³/mol. The average Bonchev–Trinajstić information content (AvgIpc) is 2.96. The van der Waals surface area contributed by atoms with Gasteiger partial charge in [-0.3, -0.25) is 4.79 Å². The maximum absolute atomic E-state index is 14.2. The molecule has 2 aromatic carbocycles. The van der Waals surface area contributed by atoms with E-state index in [9.17, 15) is 13.6 Å². The van der Waals surface area contributed by atoms with Crippen molar-refractivity contribution in [3.05, 3.63) is 57.9 Å². The summed E-state index contributed by atoms with van der Waals surface area (Å²) in [4.78, 5) is 16.4. The number of hydrogen-bond acceptors (Lipinski definition) is 4. The van der Waals surface area contributed by atoms with Crippen molar-refractivity contribution in [2.75, 3.05) is 20.3 Å². The number of benzene rings is 2. The minimum atomic E-state index is -0.719. The van der Waals surface area contributed by atoms with Crippen molar-refractivity contribution in [3.8, 4) is 5.75 Å². The summed E-state index contributed by atoms with van der Waals surface area (Å²) in [6.45, 7) is 0.255. The van der Waals surface area contributed by atoms with Gasteiger partial charge in [0, 0.05) is 24.7 Å². The highest BCUT2D eigenvalue weighted by Gasteiger charge is 2.14. The quantitative estimate of drug-likeness (QED) is 0.619. The van der Waals surface area contributed by atoms with E-state index in [0.29, 0.717) is 15.5 Å². The lowest BCUT2D eigenvalue weighted by Crippen LogP contribution is -2.21. The summed E-state index contributed by atoms with van der Waals surface area (Å²) < 4.78 is 40.0. The molecule has 0 saturated heterocycles. The zero-order valence-corrected chi connectivity index (χ0v) is 15.8. The summed E-state index contributed by atoms with van der Waals surface area (Å²) in [7, 11) is 1.51. The molecule has 0 spiro atoms. The molecule has 0 bridgehead atoms. The first-order valence-electron chi connectivity index (χ1n) is 7.91. The van der Waals surface area contributed by atoms with Crippen LogP contribution in [0.5, 0.6) is 5.75 Å². The minimum Gasteiger partial charge on any atom is -0.484 e. The summed E-state index contributed by atoms with van der Waals surface area (Å²) in [6.07, 6.45) is 0. The first-order chi connectivity index (χ1) is 13.0. The first kappa shape index (κ1) is 19.5. The fraction of sp³-hybridized carbons (Fsp3) is 0.222. The van der Waals surface area contributed by atoms with Gasteiger partial charge in [0.1, 0.15) is 11.6 Å². The van der Waals surface area contributed by atoms with Gasteiger partial charge in [-0.05, 0) is 30.3 Å². The van der Waals surface area contributed by atoms with Crippen LogP contribution in [0.15, 0.2) is 41.4 Å². The van der Waals surface area contributed by atoms with Crippen molar-refractivity contribution >= 4 is 39.1 Å². The van der Waals surface area contributed by atoms with E-state index in [0.717, 1.165) is 17.4 Å². The van der Waals surface area contributed by atoms with Gasteiger partial charge in [0.05, 0.1) is 16.8 Å². The van der Waals surface area contributed by atoms with Crippen LogP contribution in [0.2, 0.25) is 5.02 Å². The van der Waals surface area contributed by atoms with E-state index in [1.54, 1.807) is 24.3 Å². The Kier molecular flexibility index (Phi) is 6.20. The topological polar surface area (TPSA) is 52.8 Å². The molecule has 27 heavy (non-hydrogen) atoms. The molecule has 0 aliphatic heterocycles. The number of carbonyl (C=O) groups is 1. The number of carbonyl (C=O) groups excluding carboxylic acids is 1. The van der Waals surface area contributed by atoms with Gasteiger partial charge < -0.3 is 14.0 Å². The molecule has 0 fully saturated rings. The lowest BCUT2D eigenvalue weighted by Gasteiger charge is -2.05. The van der Waals surface area contributed by atoms with Gasteiger partial charge in [0.25, 0.3) is 5.91 Å². The minimum absolute atomic E-state index is 0.184. The highest BCUT2D eigenvalue weighted by atomic mass is 35.5. The third-order valence-electron chi connectivity index (χ3n) is 3.61. The number of hydrogen-bond donors (Lipinski definition) is 0. The monoisotopic (exact) mass is 412 g/mol. The normalized spacial score (nSPS) is 11.9. The lowest BCUT2D eigenvalue weighted by molar-refractivity contribution is -0.120. The molecule has 0 saturated carbocycles. The number of thiazole rings is 1. The van der Waals surface area contributed by atoms with Gasteiger partial charge >= 0.3 is 0 Å². The number of aromatic nitrogens is 1. The van der Waals surface area contributed by atoms with E-state index in [2.05, 4.69) is 4.99 Å². The molecule has 0 N–H and O–H groups in total. The second-order valence-corrected chi connectivity index (χ2v) is 6.96. The first-order valence-corrected chi connectivity index (χ1v) is 9.10. The number of amides is 1. The van der Waals surface area contributed by atoms with Crippen LogP contribution in [0.4, 0.5) is 8.78 Å². The van der Waals surface area contributed by atoms with E-state index >= 15 is 0 Å². The lowest BCUT2D eigenvalue weighted by atomic mass is 10.3. The summed E-state index contributed by atoms with van der Waals surface area (Å²) in [5, 5.41) is 0.553. The molecule has 0 aliphatic rings. The molecule has 0 unspecified atom stereocenters. The molecule has 1 heterocycles. The molecule has 5 nitrogen and oxygen atoms in total. The molecular weight excluding hydrogens is 398 g/mol. The third-order valence-corrected chi connectivity index (χ3v) is 4.89. The predicted octanol–water partition coefficient (Wildman–Crippen LogP) is 3.79. The van der Waals surface area contributed by atoms with Gasteiger partial charge in [-0.2, -0.15) is 4.99 Å². The van der Waals surface area contributed by atoms with Gasteiger partial charge in [0.2, 0.25) is 0 Å². The Bertz CT molecular complexity index is 1030. The Morgan fingerprint density at radius 2 is 2.00 bits per heavy atom. The number of fused-ring (bicyclic) bond motifs is 1. The molecule has 3 aromatic rings. The van der Waals surface area contributed by atoms with Crippen molar-refractivity contribution < 1.29 is 23.0 Å². The third kappa shape index (κ3) is 4.71. The average molecular weight is 413 g/mol. The second kappa shape index (κ2) is 8.60. The Labute approximate surface area is 162 Å². The van der Waals surface area contributed by atoms with Gasteiger partial charge in [0.15, 0.2) is 17.2 Å². The van der Waals surface area contributed by atoms with Crippen LogP contribution in [0.25, 0.3) is 10.2 Å². The van der Waals surface area contributed by atoms with Crippen LogP contribution < -0.4 is 9.54 Å². The zero-order valence-electron chi connectivity index (χ0n) is 14.2. The standard InChI is InChI=1S/C18H15ClF2N2O3S/c1-25-7-6-23-17-14(21)8-12(20)9-15(17)27-18(23)22-16(24)10-26-13-4-2-11(19)3-5-13/h2-5,8-9H,6-7,10H2,1H3. The van der Waals surface area contributed by atoms with Gasteiger partial charge in [-0.15, -0.1) is 0 Å². The number of rotatable bonds is 6. The fourth-order valence-electron chi connectivity index (χ4n) is 2.42. The molecule has 0 aliphatic carbocycles. The molecule has 1 amide bonds. The van der Waals surface area contributed by atoms with Crippen LogP contribution in [0.3, 0.4) is 0 Å². The number of ether oxygens (including phenoxy) is 2. The summed E-state index contributed by atoms with van der Waals surface area (Å²) in [6, 6.07) is 8.55. The maximum atomic E-state index is 14.2. The number of nitrogens with zero attached hydrogens (tertiary/aromatic N) is 2. The van der Waals surface area contributed by atoms with Crippen molar-refractivity contribution in [2.45, 2.75) is 6.54 Å². The molecule has 142 valence electrons. The largest absolute Gasteiger partial charge is 0.484 e. The molecule has 0 radical (unpaired) electrons. The highest BCUT2D eigenvalue weighted by molar-refractivity contribution is 7.16. The van der Waals surface area contributed by atoms with Gasteiger partial charge in [-0.25, -0.2) is 8.78 Å². The summed E-state index contributed by atoms with van der Waals surface area (Å²) in [5.74, 6) is -1.49. The van der Waals surface area contributed by atoms with Crippen molar-refractivity contribution in [3.63, 3.8) is 0 Å². The van der Waals surface area contributed by atoms with E-state index in [-0.39, 0.29) is 30.1 Å². The van der Waals surface area contributed by atoms with Crippen molar-refractivity contribution in [1.82, 2.24) is 4.57 Å². The Hall–Kier alpha value is -2.29. The van der Waals surface area contributed by atoms with Crippen LogP contribution in [-0.4, -0.2) is 30.8 Å². The van der Waals surface area contributed by atoms with Crippen LogP contribution >= 0.6 is 22.9 Å². The fourth-order valence-corrected chi connectivity index (χ4v) is 3.66. The van der Waals surface area contributed by atoms with E-state index < -0.39 is 17.5 Å². The van der Waals surface area contributed by atoms with E-state index in [4.69, 9.17) is 21.1 Å². The van der Waals surface area contributed by atoms with Gasteiger partial charge in [-0.1, -0.05) is 22.9 Å². The summed E-state index contributed by atoms with van der Waals surface area (Å²) >= 11 is 6.81. The summed E-state index contributed by atoms with van der Waals surface area (Å²) in [5.41, 5.74) is 0.184. The Morgan fingerprint density at radius 3 is 2.70 bits per heavy atom. The molecule has 0 atom stereocenters. The van der Waals surface area contributed by atoms with Crippen molar-refractivity contribution in [1.29, 1.82) is 0 Å². The molecule has 1 aromatic heterocycles. The zero-order chi connectivity index (χ0) is 19.4. The molecule has 3 rings (SSSR count). The van der Waals surface area contributed by atoms with Crippen LogP contribution in [0, 0.1) is 11.6 Å². The maximum Gasteiger partial charge on any atom is 0.286 e. The van der Waals surface area contributed by atoms with E-state index in [1.165, 1.54) is 17.7 Å². The highest BCUT2D eigenvalue weighted by Crippen LogP contribution is 2.22. The Balaban J connectivity index is 1.90.